The van der Waals surface area contributed by atoms with E-state index in [0.717, 1.165) is 30.7 Å². The van der Waals surface area contributed by atoms with Crippen LogP contribution >= 0.6 is 46.4 Å². The highest BCUT2D eigenvalue weighted by Crippen LogP contribution is 2.33. The number of aromatic nitrogens is 5. The lowest BCUT2D eigenvalue weighted by atomic mass is 10.0. The summed E-state index contributed by atoms with van der Waals surface area (Å²) in [5.74, 6) is 2.81. The number of ketones is 1. The van der Waals surface area contributed by atoms with Crippen LogP contribution in [0.1, 0.15) is 45.8 Å². The second-order valence-corrected chi connectivity index (χ2v) is 14.3. The molecule has 3 aromatic carbocycles. The first-order chi connectivity index (χ1) is 23.7. The Morgan fingerprint density at radius 3 is 2.34 bits per heavy atom. The molecule has 0 radical (unpaired) electrons. The number of halogens is 4. The predicted octanol–water partition coefficient (Wildman–Crippen LogP) is 7.03. The number of fused-ring (bicyclic) bond motifs is 1. The number of aryl methyl sites for hydroxylation is 4. The number of rotatable bonds is 8. The van der Waals surface area contributed by atoms with Gasteiger partial charge in [-0.15, -0.1) is 11.5 Å². The van der Waals surface area contributed by atoms with Crippen molar-refractivity contribution < 1.29 is 22.1 Å². The highest BCUT2D eigenvalue weighted by molar-refractivity contribution is 7.87. The van der Waals surface area contributed by atoms with Crippen molar-refractivity contribution in [2.24, 2.45) is 7.05 Å². The average Bonchev–Trinajstić information content (AvgIpc) is 3.54. The lowest BCUT2D eigenvalue weighted by Gasteiger charge is -2.10. The molecular weight excluding hydrogens is 748 g/mol. The van der Waals surface area contributed by atoms with Gasteiger partial charge in [0.15, 0.2) is 0 Å². The van der Waals surface area contributed by atoms with Crippen molar-refractivity contribution in [2.45, 2.75) is 44.6 Å². The third-order valence-electron chi connectivity index (χ3n) is 7.58. The minimum absolute atomic E-state index is 0.0161. The first-order valence-electron chi connectivity index (χ1n) is 15.0. The van der Waals surface area contributed by atoms with Crippen molar-refractivity contribution in [1.29, 1.82) is 0 Å². The molecule has 260 valence electrons. The summed E-state index contributed by atoms with van der Waals surface area (Å²) < 4.78 is 40.2. The van der Waals surface area contributed by atoms with E-state index < -0.39 is 15.9 Å². The second kappa shape index (κ2) is 15.3. The van der Waals surface area contributed by atoms with E-state index in [4.69, 9.17) is 61.7 Å². The summed E-state index contributed by atoms with van der Waals surface area (Å²) in [6, 6.07) is 13.7. The van der Waals surface area contributed by atoms with Crippen LogP contribution in [0.15, 0.2) is 64.3 Å². The Balaban J connectivity index is 0.000000200. The zero-order valence-corrected chi connectivity index (χ0v) is 30.8. The quantitative estimate of drug-likeness (QED) is 0.0934. The number of nitrogens with zero attached hydrogens (tertiary/aromatic N) is 5. The summed E-state index contributed by atoms with van der Waals surface area (Å²) in [6.45, 7) is 4.19. The van der Waals surface area contributed by atoms with E-state index in [0.29, 0.717) is 38.7 Å². The molecule has 50 heavy (non-hydrogen) atoms. The Labute approximate surface area is 308 Å². The predicted molar refractivity (Wildman–Crippen MR) is 192 cm³/mol. The van der Waals surface area contributed by atoms with E-state index >= 15 is 0 Å². The Morgan fingerprint density at radius 1 is 0.960 bits per heavy atom. The number of benzene rings is 3. The summed E-state index contributed by atoms with van der Waals surface area (Å²) in [5.41, 5.74) is 1.63. The molecule has 0 unspecified atom stereocenters. The van der Waals surface area contributed by atoms with Crippen LogP contribution in [0.2, 0.25) is 20.1 Å². The van der Waals surface area contributed by atoms with Gasteiger partial charge in [0.2, 0.25) is 11.7 Å². The lowest BCUT2D eigenvalue weighted by molar-refractivity contribution is 0.103. The Kier molecular flexibility index (Phi) is 11.3. The van der Waals surface area contributed by atoms with E-state index in [-0.39, 0.29) is 39.2 Å². The van der Waals surface area contributed by atoms with E-state index in [1.807, 2.05) is 6.92 Å². The van der Waals surface area contributed by atoms with Gasteiger partial charge >= 0.3 is 15.8 Å². The van der Waals surface area contributed by atoms with E-state index in [1.54, 1.807) is 29.7 Å². The average molecular weight is 778 g/mol. The maximum atomic E-state index is 13.0. The first-order valence-corrected chi connectivity index (χ1v) is 17.9. The Morgan fingerprint density at radius 2 is 1.68 bits per heavy atom. The first kappa shape index (κ1) is 37.0. The third-order valence-corrected chi connectivity index (χ3v) is 9.96. The maximum Gasteiger partial charge on any atom is 0.350 e. The van der Waals surface area contributed by atoms with Gasteiger partial charge in [-0.2, -0.15) is 18.2 Å². The van der Waals surface area contributed by atoms with Crippen LogP contribution < -0.4 is 14.6 Å². The van der Waals surface area contributed by atoms with E-state index in [9.17, 15) is 18.0 Å². The molecule has 0 atom stereocenters. The largest absolute Gasteiger partial charge is 0.479 e. The monoisotopic (exact) mass is 775 g/mol. The van der Waals surface area contributed by atoms with Gasteiger partial charge in [-0.25, -0.2) is 9.48 Å². The van der Waals surface area contributed by atoms with E-state index in [1.165, 1.54) is 52.8 Å². The fraction of sp³-hybridized carbons (Fsp3) is 0.235. The number of terminal acetylenes is 1. The molecule has 2 aromatic heterocycles. The topological polar surface area (TPSA) is 127 Å². The molecule has 0 saturated heterocycles. The molecule has 0 amide bonds. The molecule has 3 heterocycles. The van der Waals surface area contributed by atoms with Crippen molar-refractivity contribution >= 4 is 62.3 Å². The van der Waals surface area contributed by atoms with Gasteiger partial charge in [-0.3, -0.25) is 9.36 Å². The fourth-order valence-corrected chi connectivity index (χ4v) is 7.10. The lowest BCUT2D eigenvalue weighted by Crippen LogP contribution is -2.26. The van der Waals surface area contributed by atoms with Gasteiger partial charge in [0.05, 0.1) is 26.4 Å². The fourth-order valence-electron chi connectivity index (χ4n) is 5.13. The van der Waals surface area contributed by atoms with Crippen molar-refractivity contribution in [3.63, 3.8) is 0 Å². The van der Waals surface area contributed by atoms with Crippen LogP contribution in [0.25, 0.3) is 5.69 Å². The molecule has 0 spiro atoms. The molecule has 0 saturated carbocycles. The van der Waals surface area contributed by atoms with E-state index in [2.05, 4.69) is 16.1 Å². The summed E-state index contributed by atoms with van der Waals surface area (Å²) in [4.78, 5) is 25.5. The number of carbonyl (C=O) groups is 1. The zero-order valence-electron chi connectivity index (χ0n) is 26.9. The standard InChI is InChI=1S/C19H16Cl2N2O4S.C15H13Cl2N3O2/c1-11-4-7-14(8-5-11)28(25,26)27-19-17(12(2)22-23(19)3)18(24)15-9-6-13(20)10-16(15)21;1-2-7-22-13-9-12(10(16)8-11(13)17)20-15(21)19-6-4-3-5-14(19)18-20/h4-10H,1-3H3;1,8-9H,3-7H2. The van der Waals surface area contributed by atoms with Crippen molar-refractivity contribution in [3.8, 4) is 29.7 Å². The molecule has 0 bridgehead atoms. The maximum absolute atomic E-state index is 13.0. The molecule has 1 aliphatic rings. The molecule has 5 aromatic rings. The van der Waals surface area contributed by atoms with Crippen LogP contribution in [-0.2, 0) is 30.1 Å². The van der Waals surface area contributed by atoms with Gasteiger partial charge in [-0.05, 0) is 63.1 Å². The van der Waals surface area contributed by atoms with Crippen molar-refractivity contribution in [3.05, 3.63) is 113 Å². The second-order valence-electron chi connectivity index (χ2n) is 11.1. The van der Waals surface area contributed by atoms with Gasteiger partial charge in [0, 0.05) is 36.7 Å². The smallest absolute Gasteiger partial charge is 0.350 e. The number of hydrogen-bond acceptors (Lipinski definition) is 8. The normalized spacial score (nSPS) is 12.4. The Bertz CT molecular complexity index is 2310. The molecule has 0 N–H and O–H groups in total. The zero-order chi connectivity index (χ0) is 36.3. The molecule has 16 heteroatoms. The van der Waals surface area contributed by atoms with Gasteiger partial charge < -0.3 is 8.92 Å². The van der Waals surface area contributed by atoms with Crippen LogP contribution in [0.5, 0.6) is 11.6 Å². The van der Waals surface area contributed by atoms with Gasteiger partial charge in [-0.1, -0.05) is 70.0 Å². The molecule has 6 rings (SSSR count). The number of carbonyl (C=O) groups excluding carboxylic acids is 1. The van der Waals surface area contributed by atoms with Crippen molar-refractivity contribution in [2.75, 3.05) is 6.61 Å². The molecular formula is C34H29Cl4N5O6S. The summed E-state index contributed by atoms with van der Waals surface area (Å²) in [6.07, 6.45) is 7.97. The Hall–Kier alpha value is -4.25. The van der Waals surface area contributed by atoms with Gasteiger partial charge in [0.25, 0.3) is 0 Å². The highest BCUT2D eigenvalue weighted by Gasteiger charge is 2.29. The third kappa shape index (κ3) is 7.88. The van der Waals surface area contributed by atoms with Crippen LogP contribution in [-0.4, -0.2) is 44.9 Å². The van der Waals surface area contributed by atoms with Crippen LogP contribution in [0.3, 0.4) is 0 Å². The van der Waals surface area contributed by atoms with Gasteiger partial charge in [0.1, 0.15) is 28.6 Å². The SMILES string of the molecule is C#CCOc1cc(-n2nc3n(c2=O)CCCC3)c(Cl)cc1Cl.Cc1ccc(S(=O)(=O)Oc2c(C(=O)c3ccc(Cl)cc3Cl)c(C)nn2C)cc1. The summed E-state index contributed by atoms with van der Waals surface area (Å²) >= 11 is 24.3. The van der Waals surface area contributed by atoms with Crippen LogP contribution in [0, 0.1) is 26.2 Å². The summed E-state index contributed by atoms with van der Waals surface area (Å²) in [7, 11) is -2.67. The molecule has 1 aliphatic heterocycles. The minimum Gasteiger partial charge on any atom is -0.479 e. The highest BCUT2D eigenvalue weighted by atomic mass is 35.5. The molecule has 0 fully saturated rings. The van der Waals surface area contributed by atoms with Crippen molar-refractivity contribution in [1.82, 2.24) is 24.1 Å². The number of ether oxygens (including phenoxy) is 1. The summed E-state index contributed by atoms with van der Waals surface area (Å²) in [5, 5.41) is 9.70. The minimum atomic E-state index is -4.16. The number of hydrogen-bond donors (Lipinski definition) is 0. The van der Waals surface area contributed by atoms with Crippen LogP contribution in [0.4, 0.5) is 0 Å². The molecule has 11 nitrogen and oxygen atoms in total. The molecule has 0 aliphatic carbocycles.